The van der Waals surface area contributed by atoms with Crippen LogP contribution in [0.25, 0.3) is 0 Å². The van der Waals surface area contributed by atoms with Crippen LogP contribution in [0.1, 0.15) is 56.7 Å². The second-order valence-corrected chi connectivity index (χ2v) is 6.83. The molecule has 156 valence electrons. The number of aliphatic imine (C=N–C) groups is 1. The lowest BCUT2D eigenvalue weighted by Crippen LogP contribution is -2.43. The summed E-state index contributed by atoms with van der Waals surface area (Å²) in [5, 5.41) is 10.9. The van der Waals surface area contributed by atoms with Crippen molar-refractivity contribution in [2.24, 2.45) is 4.99 Å². The Bertz CT molecular complexity index is 698. The maximum absolute atomic E-state index is 5.39. The van der Waals surface area contributed by atoms with Crippen LogP contribution >= 0.6 is 24.0 Å². The fourth-order valence-corrected chi connectivity index (χ4v) is 3.07. The molecule has 0 aliphatic carbocycles. The van der Waals surface area contributed by atoms with Crippen molar-refractivity contribution in [1.82, 2.24) is 20.7 Å². The van der Waals surface area contributed by atoms with E-state index < -0.39 is 0 Å². The second kappa shape index (κ2) is 12.8. The van der Waals surface area contributed by atoms with Gasteiger partial charge in [-0.3, -0.25) is 9.89 Å². The minimum absolute atomic E-state index is 0. The fourth-order valence-electron chi connectivity index (χ4n) is 3.07. The Balaban J connectivity index is 0.00000392. The SMILES string of the molecule is CCN(CC)C(CNC(=NC)NCc1cc(C(C)C)no1)c1ccccc1.I. The number of likely N-dealkylation sites (N-methyl/N-ethyl adjacent to an activating group) is 1. The highest BCUT2D eigenvalue weighted by atomic mass is 127. The zero-order valence-electron chi connectivity index (χ0n) is 17.6. The largest absolute Gasteiger partial charge is 0.359 e. The van der Waals surface area contributed by atoms with Crippen LogP contribution in [0.3, 0.4) is 0 Å². The molecule has 7 heteroatoms. The van der Waals surface area contributed by atoms with Gasteiger partial charge >= 0.3 is 0 Å². The molecule has 1 atom stereocenters. The highest BCUT2D eigenvalue weighted by molar-refractivity contribution is 14.0. The predicted molar refractivity (Wildman–Crippen MR) is 126 cm³/mol. The maximum atomic E-state index is 5.39. The summed E-state index contributed by atoms with van der Waals surface area (Å²) in [6.07, 6.45) is 0. The molecular formula is C21H34IN5O. The molecule has 0 saturated carbocycles. The maximum Gasteiger partial charge on any atom is 0.191 e. The number of halogens is 1. The van der Waals surface area contributed by atoms with Crippen molar-refractivity contribution in [1.29, 1.82) is 0 Å². The Morgan fingerprint density at radius 1 is 1.14 bits per heavy atom. The number of benzene rings is 1. The first kappa shape index (κ1) is 24.4. The molecule has 0 saturated heterocycles. The number of aromatic nitrogens is 1. The van der Waals surface area contributed by atoms with Gasteiger partial charge in [-0.15, -0.1) is 24.0 Å². The normalized spacial score (nSPS) is 12.8. The van der Waals surface area contributed by atoms with Crippen LogP contribution in [0.4, 0.5) is 0 Å². The third-order valence-electron chi connectivity index (χ3n) is 4.72. The van der Waals surface area contributed by atoms with Gasteiger partial charge in [0.1, 0.15) is 0 Å². The number of rotatable bonds is 9. The topological polar surface area (TPSA) is 65.7 Å². The van der Waals surface area contributed by atoms with E-state index in [2.05, 4.69) is 83.7 Å². The summed E-state index contributed by atoms with van der Waals surface area (Å²) in [5.74, 6) is 1.93. The van der Waals surface area contributed by atoms with Gasteiger partial charge in [0, 0.05) is 19.7 Å². The summed E-state index contributed by atoms with van der Waals surface area (Å²) in [7, 11) is 1.78. The molecule has 28 heavy (non-hydrogen) atoms. The molecule has 0 radical (unpaired) electrons. The van der Waals surface area contributed by atoms with Crippen LogP contribution in [0.2, 0.25) is 0 Å². The third kappa shape index (κ3) is 7.09. The highest BCUT2D eigenvalue weighted by Crippen LogP contribution is 2.19. The van der Waals surface area contributed by atoms with Crippen molar-refractivity contribution in [2.45, 2.75) is 46.2 Å². The quantitative estimate of drug-likeness (QED) is 0.308. The summed E-state index contributed by atoms with van der Waals surface area (Å²) in [4.78, 5) is 6.78. The van der Waals surface area contributed by atoms with Crippen molar-refractivity contribution < 1.29 is 4.52 Å². The number of hydrogen-bond acceptors (Lipinski definition) is 4. The molecule has 0 aliphatic heterocycles. The molecule has 1 aromatic carbocycles. The minimum atomic E-state index is 0. The van der Waals surface area contributed by atoms with E-state index in [4.69, 9.17) is 4.52 Å². The summed E-state index contributed by atoms with van der Waals surface area (Å²) < 4.78 is 5.39. The van der Waals surface area contributed by atoms with E-state index in [1.165, 1.54) is 5.56 Å². The standard InChI is InChI=1S/C21H33N5O.HI/c1-6-26(7-2)20(17-11-9-8-10-12-17)15-24-21(22-5)23-14-18-13-19(16(3)4)25-27-18;/h8-13,16,20H,6-7,14-15H2,1-5H3,(H2,22,23,24);1H. The van der Waals surface area contributed by atoms with Gasteiger partial charge in [0.05, 0.1) is 18.3 Å². The van der Waals surface area contributed by atoms with Gasteiger partial charge in [0.15, 0.2) is 11.7 Å². The summed E-state index contributed by atoms with van der Waals surface area (Å²) in [6, 6.07) is 12.9. The lowest BCUT2D eigenvalue weighted by atomic mass is 10.1. The van der Waals surface area contributed by atoms with Crippen molar-refractivity contribution >= 4 is 29.9 Å². The zero-order valence-corrected chi connectivity index (χ0v) is 19.9. The van der Waals surface area contributed by atoms with Crippen LogP contribution in [0, 0.1) is 0 Å². The number of nitrogens with one attached hydrogen (secondary N) is 2. The van der Waals surface area contributed by atoms with E-state index in [9.17, 15) is 0 Å². The monoisotopic (exact) mass is 499 g/mol. The molecule has 1 aromatic heterocycles. The van der Waals surface area contributed by atoms with Gasteiger partial charge in [-0.05, 0) is 24.6 Å². The van der Waals surface area contributed by atoms with Gasteiger partial charge in [0.2, 0.25) is 0 Å². The Hall–Kier alpha value is -1.61. The van der Waals surface area contributed by atoms with Crippen molar-refractivity contribution in [3.63, 3.8) is 0 Å². The first-order valence-corrected chi connectivity index (χ1v) is 9.77. The molecule has 0 bridgehead atoms. The van der Waals surface area contributed by atoms with E-state index >= 15 is 0 Å². The average molecular weight is 499 g/mol. The molecule has 0 amide bonds. The Labute approximate surface area is 186 Å². The van der Waals surface area contributed by atoms with Crippen LogP contribution in [-0.4, -0.2) is 42.7 Å². The number of nitrogens with zero attached hydrogens (tertiary/aromatic N) is 3. The molecule has 6 nitrogen and oxygen atoms in total. The van der Waals surface area contributed by atoms with Gasteiger partial charge in [-0.1, -0.05) is 63.2 Å². The lowest BCUT2D eigenvalue weighted by Gasteiger charge is -2.30. The Kier molecular flexibility index (Phi) is 11.1. The lowest BCUT2D eigenvalue weighted by molar-refractivity contribution is 0.219. The molecular weight excluding hydrogens is 465 g/mol. The van der Waals surface area contributed by atoms with E-state index in [0.717, 1.165) is 37.0 Å². The van der Waals surface area contributed by atoms with Crippen molar-refractivity contribution in [3.05, 3.63) is 53.4 Å². The van der Waals surface area contributed by atoms with E-state index in [1.807, 2.05) is 6.07 Å². The van der Waals surface area contributed by atoms with Crippen LogP contribution in [0.15, 0.2) is 45.9 Å². The van der Waals surface area contributed by atoms with Gasteiger partial charge in [-0.25, -0.2) is 0 Å². The summed E-state index contributed by atoms with van der Waals surface area (Å²) in [6.45, 7) is 11.9. The number of hydrogen-bond donors (Lipinski definition) is 2. The molecule has 1 unspecified atom stereocenters. The van der Waals surface area contributed by atoms with Crippen molar-refractivity contribution in [3.8, 4) is 0 Å². The van der Waals surface area contributed by atoms with Crippen molar-refractivity contribution in [2.75, 3.05) is 26.7 Å². The van der Waals surface area contributed by atoms with E-state index in [-0.39, 0.29) is 30.0 Å². The summed E-state index contributed by atoms with van der Waals surface area (Å²) in [5.41, 5.74) is 2.28. The molecule has 0 spiro atoms. The van der Waals surface area contributed by atoms with Gasteiger partial charge < -0.3 is 15.2 Å². The van der Waals surface area contributed by atoms with Gasteiger partial charge in [-0.2, -0.15) is 0 Å². The third-order valence-corrected chi connectivity index (χ3v) is 4.72. The number of guanidine groups is 1. The van der Waals surface area contributed by atoms with Crippen LogP contribution in [-0.2, 0) is 6.54 Å². The molecule has 0 aliphatic rings. The fraction of sp³-hybridized carbons (Fsp3) is 0.524. The second-order valence-electron chi connectivity index (χ2n) is 6.83. The van der Waals surface area contributed by atoms with E-state index in [0.29, 0.717) is 12.5 Å². The minimum Gasteiger partial charge on any atom is -0.359 e. The summed E-state index contributed by atoms with van der Waals surface area (Å²) >= 11 is 0. The first-order valence-electron chi connectivity index (χ1n) is 9.77. The molecule has 2 rings (SSSR count). The first-order chi connectivity index (χ1) is 13.1. The van der Waals surface area contributed by atoms with Crippen LogP contribution < -0.4 is 10.6 Å². The van der Waals surface area contributed by atoms with Gasteiger partial charge in [0.25, 0.3) is 0 Å². The molecule has 2 N–H and O–H groups in total. The Morgan fingerprint density at radius 3 is 2.36 bits per heavy atom. The highest BCUT2D eigenvalue weighted by Gasteiger charge is 2.18. The predicted octanol–water partition coefficient (Wildman–Crippen LogP) is 4.16. The molecule has 0 fully saturated rings. The molecule has 2 aromatic rings. The zero-order chi connectivity index (χ0) is 19.6. The molecule has 1 heterocycles. The smallest absolute Gasteiger partial charge is 0.191 e. The average Bonchev–Trinajstić information content (AvgIpc) is 3.17. The Morgan fingerprint density at radius 2 is 1.82 bits per heavy atom. The van der Waals surface area contributed by atoms with E-state index in [1.54, 1.807) is 7.05 Å². The van der Waals surface area contributed by atoms with Crippen LogP contribution in [0.5, 0.6) is 0 Å².